The number of imidazole rings is 1. The number of H-pyrrole nitrogens is 1. The lowest BCUT2D eigenvalue weighted by molar-refractivity contribution is 0.0764. The van der Waals surface area contributed by atoms with Gasteiger partial charge in [-0.3, -0.25) is 4.79 Å². The Labute approximate surface area is 94.2 Å². The van der Waals surface area contributed by atoms with Crippen molar-refractivity contribution in [1.82, 2.24) is 20.2 Å². The SMILES string of the molecule is O=C(c1ncc[nH]1)N1CCC2(CCNC2)C1. The van der Waals surface area contributed by atoms with Crippen LogP contribution in [0.4, 0.5) is 0 Å². The second-order valence-corrected chi connectivity index (χ2v) is 4.84. The molecule has 2 saturated heterocycles. The van der Waals surface area contributed by atoms with Crippen LogP contribution in [0.3, 0.4) is 0 Å². The van der Waals surface area contributed by atoms with Crippen molar-refractivity contribution in [3.05, 3.63) is 18.2 Å². The zero-order chi connectivity index (χ0) is 11.0. The highest BCUT2D eigenvalue weighted by molar-refractivity contribution is 5.90. The Hall–Kier alpha value is -1.36. The third-order valence-corrected chi connectivity index (χ3v) is 3.76. The van der Waals surface area contributed by atoms with Gasteiger partial charge in [-0.05, 0) is 19.4 Å². The minimum absolute atomic E-state index is 0.0359. The first-order valence-corrected chi connectivity index (χ1v) is 5.79. The van der Waals surface area contributed by atoms with E-state index in [0.29, 0.717) is 11.2 Å². The molecule has 1 spiro atoms. The average Bonchev–Trinajstić information content (AvgIpc) is 3.01. The van der Waals surface area contributed by atoms with Crippen LogP contribution in [-0.4, -0.2) is 47.0 Å². The van der Waals surface area contributed by atoms with Crippen molar-refractivity contribution in [3.63, 3.8) is 0 Å². The largest absolute Gasteiger partial charge is 0.341 e. The van der Waals surface area contributed by atoms with E-state index in [-0.39, 0.29) is 5.91 Å². The highest BCUT2D eigenvalue weighted by atomic mass is 16.2. The molecule has 1 atom stereocenters. The Kier molecular flexibility index (Phi) is 2.21. The molecule has 5 nitrogen and oxygen atoms in total. The number of amides is 1. The number of rotatable bonds is 1. The van der Waals surface area contributed by atoms with Crippen LogP contribution >= 0.6 is 0 Å². The van der Waals surface area contributed by atoms with E-state index in [4.69, 9.17) is 0 Å². The molecule has 86 valence electrons. The fraction of sp³-hybridized carbons (Fsp3) is 0.636. The van der Waals surface area contributed by atoms with E-state index in [1.54, 1.807) is 12.4 Å². The van der Waals surface area contributed by atoms with E-state index < -0.39 is 0 Å². The number of aromatic amines is 1. The molecule has 1 aromatic heterocycles. The topological polar surface area (TPSA) is 61.0 Å². The van der Waals surface area contributed by atoms with Crippen molar-refractivity contribution < 1.29 is 4.79 Å². The molecule has 0 bridgehead atoms. The molecule has 3 rings (SSSR count). The molecular formula is C11H16N4O. The second-order valence-electron chi connectivity index (χ2n) is 4.84. The molecule has 0 radical (unpaired) electrons. The van der Waals surface area contributed by atoms with Crippen molar-refractivity contribution >= 4 is 5.91 Å². The maximum absolute atomic E-state index is 12.1. The molecule has 5 heteroatoms. The Morgan fingerprint density at radius 1 is 1.50 bits per heavy atom. The molecule has 0 aliphatic carbocycles. The fourth-order valence-corrected chi connectivity index (χ4v) is 2.78. The minimum Gasteiger partial charge on any atom is -0.341 e. The predicted octanol–water partition coefficient (Wildman–Crippen LogP) is 0.235. The first kappa shape index (κ1) is 9.84. The molecule has 0 aromatic carbocycles. The van der Waals surface area contributed by atoms with Gasteiger partial charge in [0.15, 0.2) is 5.82 Å². The van der Waals surface area contributed by atoms with Gasteiger partial charge in [0.05, 0.1) is 0 Å². The summed E-state index contributed by atoms with van der Waals surface area (Å²) in [6.45, 7) is 3.87. The summed E-state index contributed by atoms with van der Waals surface area (Å²) >= 11 is 0. The van der Waals surface area contributed by atoms with Crippen LogP contribution in [0.2, 0.25) is 0 Å². The van der Waals surface area contributed by atoms with Gasteiger partial charge >= 0.3 is 0 Å². The summed E-state index contributed by atoms with van der Waals surface area (Å²) in [7, 11) is 0. The highest BCUT2D eigenvalue weighted by Crippen LogP contribution is 2.36. The van der Waals surface area contributed by atoms with Crippen LogP contribution in [-0.2, 0) is 0 Å². The maximum Gasteiger partial charge on any atom is 0.289 e. The van der Waals surface area contributed by atoms with E-state index in [1.807, 2.05) is 4.90 Å². The smallest absolute Gasteiger partial charge is 0.289 e. The van der Waals surface area contributed by atoms with Gasteiger partial charge in [0, 0.05) is 37.4 Å². The molecule has 1 unspecified atom stereocenters. The molecule has 1 amide bonds. The summed E-state index contributed by atoms with van der Waals surface area (Å²) < 4.78 is 0. The van der Waals surface area contributed by atoms with Gasteiger partial charge < -0.3 is 15.2 Å². The standard InChI is InChI=1S/C11H16N4O/c16-10(9-13-4-5-14-9)15-6-2-11(8-15)1-3-12-7-11/h4-5,12H,1-3,6-8H2,(H,13,14). The monoisotopic (exact) mass is 220 g/mol. The number of carbonyl (C=O) groups excluding carboxylic acids is 1. The summed E-state index contributed by atoms with van der Waals surface area (Å²) in [4.78, 5) is 20.9. The van der Waals surface area contributed by atoms with Gasteiger partial charge in [-0.2, -0.15) is 0 Å². The van der Waals surface area contributed by atoms with Crippen LogP contribution in [0, 0.1) is 5.41 Å². The lowest BCUT2D eigenvalue weighted by atomic mass is 9.87. The molecule has 3 heterocycles. The van der Waals surface area contributed by atoms with E-state index in [2.05, 4.69) is 15.3 Å². The second kappa shape index (κ2) is 3.59. The van der Waals surface area contributed by atoms with Gasteiger partial charge in [-0.1, -0.05) is 0 Å². The van der Waals surface area contributed by atoms with E-state index in [0.717, 1.165) is 32.6 Å². The quantitative estimate of drug-likeness (QED) is 0.712. The van der Waals surface area contributed by atoms with Crippen LogP contribution in [0.5, 0.6) is 0 Å². The molecule has 16 heavy (non-hydrogen) atoms. The number of likely N-dealkylation sites (tertiary alicyclic amines) is 1. The van der Waals surface area contributed by atoms with Crippen LogP contribution in [0.25, 0.3) is 0 Å². The molecule has 1 aromatic rings. The molecule has 2 aliphatic heterocycles. The summed E-state index contributed by atoms with van der Waals surface area (Å²) in [5.74, 6) is 0.497. The predicted molar refractivity (Wildman–Crippen MR) is 59.0 cm³/mol. The average molecular weight is 220 g/mol. The fourth-order valence-electron chi connectivity index (χ4n) is 2.78. The van der Waals surface area contributed by atoms with Gasteiger partial charge in [0.25, 0.3) is 5.91 Å². The van der Waals surface area contributed by atoms with Crippen LogP contribution < -0.4 is 5.32 Å². The summed E-state index contributed by atoms with van der Waals surface area (Å²) in [6, 6.07) is 0. The van der Waals surface area contributed by atoms with Crippen molar-refractivity contribution in [3.8, 4) is 0 Å². The molecule has 0 saturated carbocycles. The summed E-state index contributed by atoms with van der Waals surface area (Å²) in [5.41, 5.74) is 0.336. The Balaban J connectivity index is 1.72. The number of hydrogen-bond donors (Lipinski definition) is 2. The lowest BCUT2D eigenvalue weighted by Gasteiger charge is -2.22. The number of aromatic nitrogens is 2. The van der Waals surface area contributed by atoms with Gasteiger partial charge in [0.2, 0.25) is 0 Å². The zero-order valence-electron chi connectivity index (χ0n) is 9.20. The number of carbonyl (C=O) groups is 1. The first-order valence-electron chi connectivity index (χ1n) is 5.79. The number of hydrogen-bond acceptors (Lipinski definition) is 3. The van der Waals surface area contributed by atoms with Crippen LogP contribution in [0.15, 0.2) is 12.4 Å². The van der Waals surface area contributed by atoms with Crippen molar-refractivity contribution in [1.29, 1.82) is 0 Å². The summed E-state index contributed by atoms with van der Waals surface area (Å²) in [6.07, 6.45) is 5.62. The van der Waals surface area contributed by atoms with Crippen molar-refractivity contribution in [2.75, 3.05) is 26.2 Å². The lowest BCUT2D eigenvalue weighted by Crippen LogP contribution is -2.33. The third-order valence-electron chi connectivity index (χ3n) is 3.76. The van der Waals surface area contributed by atoms with E-state index in [9.17, 15) is 4.79 Å². The first-order chi connectivity index (χ1) is 7.79. The van der Waals surface area contributed by atoms with E-state index >= 15 is 0 Å². The normalized spacial score (nSPS) is 29.1. The summed E-state index contributed by atoms with van der Waals surface area (Å²) in [5, 5.41) is 3.39. The molecule has 2 aliphatic rings. The number of nitrogens with zero attached hydrogens (tertiary/aromatic N) is 2. The van der Waals surface area contributed by atoms with Crippen LogP contribution in [0.1, 0.15) is 23.5 Å². The number of nitrogens with one attached hydrogen (secondary N) is 2. The molecule has 2 N–H and O–H groups in total. The van der Waals surface area contributed by atoms with Gasteiger partial charge in [-0.15, -0.1) is 0 Å². The van der Waals surface area contributed by atoms with Crippen molar-refractivity contribution in [2.24, 2.45) is 5.41 Å². The molecule has 2 fully saturated rings. The maximum atomic E-state index is 12.1. The van der Waals surface area contributed by atoms with E-state index in [1.165, 1.54) is 6.42 Å². The van der Waals surface area contributed by atoms with Crippen molar-refractivity contribution in [2.45, 2.75) is 12.8 Å². The Bertz CT molecular complexity index is 381. The zero-order valence-corrected chi connectivity index (χ0v) is 9.20. The van der Waals surface area contributed by atoms with Gasteiger partial charge in [-0.25, -0.2) is 4.98 Å². The highest BCUT2D eigenvalue weighted by Gasteiger charge is 2.42. The Morgan fingerprint density at radius 2 is 2.44 bits per heavy atom. The van der Waals surface area contributed by atoms with Gasteiger partial charge in [0.1, 0.15) is 0 Å². The Morgan fingerprint density at radius 3 is 3.12 bits per heavy atom. The third kappa shape index (κ3) is 1.51. The molecular weight excluding hydrogens is 204 g/mol. The minimum atomic E-state index is 0.0359.